The molecule has 0 aliphatic heterocycles. The minimum Gasteiger partial charge on any atom is -0.384 e. The zero-order chi connectivity index (χ0) is 12.7. The van der Waals surface area contributed by atoms with E-state index in [-0.39, 0.29) is 5.69 Å². The first kappa shape index (κ1) is 13.7. The molecule has 5 nitrogen and oxygen atoms in total. The minimum absolute atomic E-state index is 0.00759. The maximum absolute atomic E-state index is 10.5. The first-order valence-corrected chi connectivity index (χ1v) is 5.91. The summed E-state index contributed by atoms with van der Waals surface area (Å²) in [6, 6.07) is 4.43. The van der Waals surface area contributed by atoms with E-state index in [0.29, 0.717) is 5.02 Å². The summed E-state index contributed by atoms with van der Waals surface area (Å²) in [5.41, 5.74) is 0.738. The van der Waals surface area contributed by atoms with Crippen LogP contribution in [0.1, 0.15) is 13.3 Å². The maximum atomic E-state index is 10.5. The van der Waals surface area contributed by atoms with Gasteiger partial charge in [-0.1, -0.05) is 18.5 Å². The van der Waals surface area contributed by atoms with Crippen molar-refractivity contribution in [1.29, 1.82) is 0 Å². The van der Waals surface area contributed by atoms with Gasteiger partial charge in [-0.05, 0) is 25.6 Å². The predicted octanol–water partition coefficient (Wildman–Crippen LogP) is 2.66. The molecule has 94 valence electrons. The quantitative estimate of drug-likeness (QED) is 0.448. The zero-order valence-electron chi connectivity index (χ0n) is 9.70. The topological polar surface area (TPSA) is 67.2 Å². The van der Waals surface area contributed by atoms with Gasteiger partial charge in [-0.3, -0.25) is 10.1 Å². The first-order valence-electron chi connectivity index (χ1n) is 5.53. The molecule has 0 saturated heterocycles. The van der Waals surface area contributed by atoms with Gasteiger partial charge in [-0.15, -0.1) is 0 Å². The molecule has 0 spiro atoms. The van der Waals surface area contributed by atoms with Crippen LogP contribution in [-0.2, 0) is 0 Å². The minimum atomic E-state index is -0.458. The number of nitro groups is 1. The van der Waals surface area contributed by atoms with Crippen molar-refractivity contribution in [2.45, 2.75) is 13.3 Å². The number of nitrogens with one attached hydrogen (secondary N) is 2. The molecule has 17 heavy (non-hydrogen) atoms. The Morgan fingerprint density at radius 3 is 2.76 bits per heavy atom. The van der Waals surface area contributed by atoms with Gasteiger partial charge in [-0.25, -0.2) is 0 Å². The van der Waals surface area contributed by atoms with E-state index in [1.165, 1.54) is 12.1 Å². The van der Waals surface area contributed by atoms with Gasteiger partial charge in [0.25, 0.3) is 5.69 Å². The van der Waals surface area contributed by atoms with Gasteiger partial charge in [-0.2, -0.15) is 0 Å². The number of hydrogen-bond acceptors (Lipinski definition) is 4. The highest BCUT2D eigenvalue weighted by molar-refractivity contribution is 6.33. The van der Waals surface area contributed by atoms with Crippen molar-refractivity contribution in [3.63, 3.8) is 0 Å². The highest BCUT2D eigenvalue weighted by Gasteiger charge is 2.08. The number of rotatable bonds is 7. The fourth-order valence-corrected chi connectivity index (χ4v) is 1.62. The van der Waals surface area contributed by atoms with Crippen LogP contribution < -0.4 is 10.6 Å². The Morgan fingerprint density at radius 1 is 1.41 bits per heavy atom. The number of nitro benzene ring substituents is 1. The lowest BCUT2D eigenvalue weighted by Gasteiger charge is -2.08. The van der Waals surface area contributed by atoms with Crippen molar-refractivity contribution in [3.8, 4) is 0 Å². The molecule has 1 aromatic rings. The number of halogens is 1. The van der Waals surface area contributed by atoms with Gasteiger partial charge in [0, 0.05) is 18.7 Å². The van der Waals surface area contributed by atoms with Crippen LogP contribution in [0.25, 0.3) is 0 Å². The molecule has 6 heteroatoms. The van der Waals surface area contributed by atoms with Crippen LogP contribution in [0.2, 0.25) is 5.02 Å². The normalized spacial score (nSPS) is 10.2. The third-order valence-corrected chi connectivity index (χ3v) is 2.57. The second-order valence-electron chi connectivity index (χ2n) is 3.56. The van der Waals surface area contributed by atoms with Crippen molar-refractivity contribution in [3.05, 3.63) is 33.3 Å². The molecule has 1 aromatic carbocycles. The fraction of sp³-hybridized carbons (Fsp3) is 0.455. The zero-order valence-corrected chi connectivity index (χ0v) is 10.5. The lowest BCUT2D eigenvalue weighted by Crippen LogP contribution is -2.17. The lowest BCUT2D eigenvalue weighted by atomic mass is 10.2. The van der Waals surface area contributed by atoms with E-state index in [9.17, 15) is 10.1 Å². The smallest absolute Gasteiger partial charge is 0.271 e. The van der Waals surface area contributed by atoms with Gasteiger partial charge in [0.05, 0.1) is 15.6 Å². The van der Waals surface area contributed by atoms with Crippen molar-refractivity contribution in [1.82, 2.24) is 5.32 Å². The molecule has 0 atom stereocenters. The second kappa shape index (κ2) is 7.09. The monoisotopic (exact) mass is 257 g/mol. The van der Waals surface area contributed by atoms with Crippen LogP contribution in [0.4, 0.5) is 11.4 Å². The molecule has 0 amide bonds. The Bertz CT molecular complexity index is 385. The summed E-state index contributed by atoms with van der Waals surface area (Å²) in [5, 5.41) is 17.2. The molecule has 0 saturated carbocycles. The Hall–Kier alpha value is -1.33. The summed E-state index contributed by atoms with van der Waals surface area (Å²) in [6.45, 7) is 4.73. The van der Waals surface area contributed by atoms with Crippen LogP contribution in [0.3, 0.4) is 0 Å². The molecule has 0 heterocycles. The molecule has 0 fully saturated rings. The van der Waals surface area contributed by atoms with E-state index in [0.717, 1.165) is 31.7 Å². The molecule has 1 rings (SSSR count). The Kier molecular flexibility index (Phi) is 5.72. The van der Waals surface area contributed by atoms with Crippen molar-refractivity contribution >= 4 is 23.0 Å². The maximum Gasteiger partial charge on any atom is 0.271 e. The number of benzene rings is 1. The van der Waals surface area contributed by atoms with Gasteiger partial charge >= 0.3 is 0 Å². The summed E-state index contributed by atoms with van der Waals surface area (Å²) >= 11 is 5.93. The van der Waals surface area contributed by atoms with E-state index >= 15 is 0 Å². The first-order chi connectivity index (χ1) is 8.15. The summed E-state index contributed by atoms with van der Waals surface area (Å²) in [7, 11) is 0. The summed E-state index contributed by atoms with van der Waals surface area (Å²) in [6.07, 6.45) is 0.973. The van der Waals surface area contributed by atoms with Gasteiger partial charge < -0.3 is 10.6 Å². The average Bonchev–Trinajstić information content (AvgIpc) is 2.30. The molecule has 0 aromatic heterocycles. The second-order valence-corrected chi connectivity index (χ2v) is 3.96. The Labute approximate surface area is 105 Å². The van der Waals surface area contributed by atoms with Crippen LogP contribution in [0.15, 0.2) is 18.2 Å². The molecule has 0 radical (unpaired) electrons. The lowest BCUT2D eigenvalue weighted by molar-refractivity contribution is -0.384. The highest BCUT2D eigenvalue weighted by atomic mass is 35.5. The standard InChI is InChI=1S/C11H16ClN3O2/c1-2-13-6-3-7-14-11-5-4-9(15(16)17)8-10(11)12/h4-5,8,13-14H,2-3,6-7H2,1H3. The largest absolute Gasteiger partial charge is 0.384 e. The van der Waals surface area contributed by atoms with Crippen LogP contribution >= 0.6 is 11.6 Å². The van der Waals surface area contributed by atoms with Gasteiger partial charge in [0.15, 0.2) is 0 Å². The summed E-state index contributed by atoms with van der Waals surface area (Å²) < 4.78 is 0. The molecule has 0 bridgehead atoms. The van der Waals surface area contributed by atoms with E-state index in [2.05, 4.69) is 17.6 Å². The number of nitrogens with zero attached hydrogens (tertiary/aromatic N) is 1. The van der Waals surface area contributed by atoms with E-state index < -0.39 is 4.92 Å². The average molecular weight is 258 g/mol. The van der Waals surface area contributed by atoms with Gasteiger partial charge in [0.2, 0.25) is 0 Å². The summed E-state index contributed by atoms with van der Waals surface area (Å²) in [4.78, 5) is 10.1. The van der Waals surface area contributed by atoms with E-state index in [1.54, 1.807) is 6.07 Å². The summed E-state index contributed by atoms with van der Waals surface area (Å²) in [5.74, 6) is 0. The van der Waals surface area contributed by atoms with E-state index in [4.69, 9.17) is 11.6 Å². The third-order valence-electron chi connectivity index (χ3n) is 2.26. The van der Waals surface area contributed by atoms with E-state index in [1.807, 2.05) is 0 Å². The Morgan fingerprint density at radius 2 is 2.18 bits per heavy atom. The van der Waals surface area contributed by atoms with Crippen molar-refractivity contribution < 1.29 is 4.92 Å². The van der Waals surface area contributed by atoms with Crippen LogP contribution in [-0.4, -0.2) is 24.6 Å². The number of anilines is 1. The van der Waals surface area contributed by atoms with Crippen molar-refractivity contribution in [2.24, 2.45) is 0 Å². The third kappa shape index (κ3) is 4.58. The number of hydrogen-bond donors (Lipinski definition) is 2. The fourth-order valence-electron chi connectivity index (χ4n) is 1.37. The molecule has 2 N–H and O–H groups in total. The Balaban J connectivity index is 2.46. The molecule has 0 unspecified atom stereocenters. The van der Waals surface area contributed by atoms with Crippen LogP contribution in [0.5, 0.6) is 0 Å². The molecular weight excluding hydrogens is 242 g/mol. The van der Waals surface area contributed by atoms with Crippen LogP contribution in [0, 0.1) is 10.1 Å². The predicted molar refractivity (Wildman–Crippen MR) is 69.8 cm³/mol. The van der Waals surface area contributed by atoms with Crippen molar-refractivity contribution in [2.75, 3.05) is 25.0 Å². The highest BCUT2D eigenvalue weighted by Crippen LogP contribution is 2.26. The molecule has 0 aliphatic rings. The number of non-ortho nitro benzene ring substituents is 1. The SMILES string of the molecule is CCNCCCNc1ccc([N+](=O)[O-])cc1Cl. The van der Waals surface area contributed by atoms with Gasteiger partial charge in [0.1, 0.15) is 0 Å². The molecule has 0 aliphatic carbocycles. The molecular formula is C11H16ClN3O2.